The van der Waals surface area contributed by atoms with Gasteiger partial charge >= 0.3 is 6.18 Å². The van der Waals surface area contributed by atoms with E-state index in [9.17, 15) is 18.0 Å². The molecule has 7 heteroatoms. The maximum absolute atomic E-state index is 12.6. The van der Waals surface area contributed by atoms with Gasteiger partial charge in [0.2, 0.25) is 0 Å². The Morgan fingerprint density at radius 1 is 1.27 bits per heavy atom. The Labute approximate surface area is 127 Å². The lowest BCUT2D eigenvalue weighted by molar-refractivity contribution is -0.137. The number of amidine groups is 1. The Morgan fingerprint density at radius 3 is 2.41 bits per heavy atom. The summed E-state index contributed by atoms with van der Waals surface area (Å²) in [4.78, 5) is 16.2. The summed E-state index contributed by atoms with van der Waals surface area (Å²) in [5.74, 6) is -0.474. The van der Waals surface area contributed by atoms with Gasteiger partial charge in [-0.05, 0) is 31.0 Å². The number of aliphatic imine (C=N–C) groups is 1. The third kappa shape index (κ3) is 5.05. The van der Waals surface area contributed by atoms with E-state index < -0.39 is 17.6 Å². The highest BCUT2D eigenvalue weighted by atomic mass is 19.4. The first-order valence-corrected chi connectivity index (χ1v) is 6.75. The van der Waals surface area contributed by atoms with Gasteiger partial charge in [0.1, 0.15) is 0 Å². The molecule has 1 amide bonds. The molecule has 0 saturated heterocycles. The molecule has 0 aliphatic carbocycles. The first-order valence-electron chi connectivity index (χ1n) is 6.75. The van der Waals surface area contributed by atoms with Crippen molar-refractivity contribution in [1.82, 2.24) is 5.32 Å². The fourth-order valence-corrected chi connectivity index (χ4v) is 1.48. The van der Waals surface area contributed by atoms with Crippen LogP contribution in [-0.2, 0) is 10.9 Å². The molecule has 4 nitrogen and oxygen atoms in total. The number of amides is 1. The minimum absolute atomic E-state index is 0.0244. The van der Waals surface area contributed by atoms with Gasteiger partial charge in [-0.3, -0.25) is 10.1 Å². The van der Waals surface area contributed by atoms with Crippen LogP contribution in [-0.4, -0.2) is 25.1 Å². The number of rotatable bonds is 3. The Kier molecular flexibility index (Phi) is 5.96. The van der Waals surface area contributed by atoms with E-state index in [0.717, 1.165) is 12.1 Å². The van der Waals surface area contributed by atoms with Crippen LogP contribution in [0.25, 0.3) is 0 Å². The van der Waals surface area contributed by atoms with Gasteiger partial charge in [0, 0.05) is 5.56 Å². The quantitative estimate of drug-likeness (QED) is 0.685. The van der Waals surface area contributed by atoms with Crippen LogP contribution in [0.15, 0.2) is 29.3 Å². The number of nitrogens with zero attached hydrogens (tertiary/aromatic N) is 1. The lowest BCUT2D eigenvalue weighted by Crippen LogP contribution is -2.33. The predicted molar refractivity (Wildman–Crippen MR) is 77.7 cm³/mol. The van der Waals surface area contributed by atoms with Crippen molar-refractivity contribution in [3.05, 3.63) is 35.4 Å². The molecule has 122 valence electrons. The van der Waals surface area contributed by atoms with Crippen molar-refractivity contribution < 1.29 is 22.7 Å². The summed E-state index contributed by atoms with van der Waals surface area (Å²) < 4.78 is 42.9. The smallest absolute Gasteiger partial charge is 0.416 e. The largest absolute Gasteiger partial charge is 0.468 e. The molecule has 0 spiro atoms. The number of alkyl halides is 3. The first kappa shape index (κ1) is 18.0. The molecular formula is C15H19F3N2O2. The molecule has 0 unspecified atom stereocenters. The average molecular weight is 316 g/mol. The molecule has 0 aliphatic rings. The second-order valence-corrected chi connectivity index (χ2v) is 5.16. The van der Waals surface area contributed by atoms with Crippen molar-refractivity contribution in [2.75, 3.05) is 7.11 Å². The van der Waals surface area contributed by atoms with Crippen LogP contribution in [0.4, 0.5) is 13.2 Å². The summed E-state index contributed by atoms with van der Waals surface area (Å²) in [5.41, 5.74) is -0.997. The molecule has 0 aliphatic heterocycles. The normalized spacial score (nSPS) is 13.9. The molecule has 0 heterocycles. The van der Waals surface area contributed by atoms with Crippen molar-refractivity contribution in [2.24, 2.45) is 10.9 Å². The zero-order chi connectivity index (χ0) is 16.9. The molecule has 1 N–H and O–H groups in total. The highest BCUT2D eigenvalue weighted by molar-refractivity contribution is 6.04. The van der Waals surface area contributed by atoms with Gasteiger partial charge in [0.25, 0.3) is 11.9 Å². The lowest BCUT2D eigenvalue weighted by Gasteiger charge is -2.14. The third-order valence-corrected chi connectivity index (χ3v) is 3.15. The number of ether oxygens (including phenoxy) is 1. The molecule has 0 saturated carbocycles. The Balaban J connectivity index is 2.92. The van der Waals surface area contributed by atoms with E-state index in [-0.39, 0.29) is 23.5 Å². The molecular weight excluding hydrogens is 297 g/mol. The van der Waals surface area contributed by atoms with Gasteiger partial charge in [-0.2, -0.15) is 13.2 Å². The van der Waals surface area contributed by atoms with Gasteiger partial charge in [0.05, 0.1) is 18.7 Å². The topological polar surface area (TPSA) is 50.7 Å². The number of benzene rings is 1. The monoisotopic (exact) mass is 316 g/mol. The van der Waals surface area contributed by atoms with Crippen LogP contribution in [0.5, 0.6) is 0 Å². The van der Waals surface area contributed by atoms with Crippen LogP contribution in [0, 0.1) is 5.92 Å². The van der Waals surface area contributed by atoms with Gasteiger partial charge in [-0.25, -0.2) is 4.99 Å². The zero-order valence-electron chi connectivity index (χ0n) is 12.9. The SMILES string of the molecule is COC(=N[C@H](C)C(C)C)NC(=O)c1cccc(C(F)(F)F)c1. The number of methoxy groups -OCH3 is 1. The molecule has 0 fully saturated rings. The van der Waals surface area contributed by atoms with Crippen LogP contribution in [0.2, 0.25) is 0 Å². The molecule has 1 aromatic carbocycles. The van der Waals surface area contributed by atoms with Crippen molar-refractivity contribution in [3.8, 4) is 0 Å². The highest BCUT2D eigenvalue weighted by Crippen LogP contribution is 2.29. The van der Waals surface area contributed by atoms with Crippen LogP contribution >= 0.6 is 0 Å². The number of hydrogen-bond donors (Lipinski definition) is 1. The zero-order valence-corrected chi connectivity index (χ0v) is 12.9. The number of carbonyl (C=O) groups is 1. The molecule has 0 bridgehead atoms. The van der Waals surface area contributed by atoms with Crippen LogP contribution in [0.1, 0.15) is 36.7 Å². The average Bonchev–Trinajstić information content (AvgIpc) is 2.45. The summed E-state index contributed by atoms with van der Waals surface area (Å²) in [6, 6.07) is 4.04. The second-order valence-electron chi connectivity index (χ2n) is 5.16. The fourth-order valence-electron chi connectivity index (χ4n) is 1.48. The van der Waals surface area contributed by atoms with Crippen LogP contribution < -0.4 is 5.32 Å². The fraction of sp³-hybridized carbons (Fsp3) is 0.467. The van der Waals surface area contributed by atoms with E-state index in [1.165, 1.54) is 19.2 Å². The number of halogens is 3. The molecule has 0 radical (unpaired) electrons. The van der Waals surface area contributed by atoms with Crippen LogP contribution in [0.3, 0.4) is 0 Å². The maximum Gasteiger partial charge on any atom is 0.416 e. The molecule has 1 aromatic rings. The highest BCUT2D eigenvalue weighted by Gasteiger charge is 2.31. The molecule has 0 aromatic heterocycles. The van der Waals surface area contributed by atoms with E-state index in [1.807, 2.05) is 20.8 Å². The summed E-state index contributed by atoms with van der Waals surface area (Å²) in [6.45, 7) is 5.76. The Morgan fingerprint density at radius 2 is 1.91 bits per heavy atom. The maximum atomic E-state index is 12.6. The van der Waals surface area contributed by atoms with Crippen molar-refractivity contribution >= 4 is 11.9 Å². The van der Waals surface area contributed by atoms with Crippen molar-refractivity contribution in [1.29, 1.82) is 0 Å². The standard InChI is InChI=1S/C15H19F3N2O2/c1-9(2)10(3)19-14(22-4)20-13(21)11-6-5-7-12(8-11)15(16,17)18/h5-10H,1-4H3,(H,19,20,21)/t10-/m1/s1. The first-order chi connectivity index (χ1) is 10.1. The summed E-state index contributed by atoms with van der Waals surface area (Å²) in [7, 11) is 1.33. The second kappa shape index (κ2) is 7.29. The van der Waals surface area contributed by atoms with Gasteiger partial charge in [-0.1, -0.05) is 19.9 Å². The number of carbonyl (C=O) groups excluding carboxylic acids is 1. The van der Waals surface area contributed by atoms with E-state index >= 15 is 0 Å². The molecule has 1 atom stereocenters. The third-order valence-electron chi connectivity index (χ3n) is 3.15. The van der Waals surface area contributed by atoms with Crippen molar-refractivity contribution in [3.63, 3.8) is 0 Å². The molecule has 1 rings (SSSR count). The number of hydrogen-bond acceptors (Lipinski definition) is 3. The van der Waals surface area contributed by atoms with E-state index in [2.05, 4.69) is 10.3 Å². The molecule has 22 heavy (non-hydrogen) atoms. The summed E-state index contributed by atoms with van der Waals surface area (Å²) in [6.07, 6.45) is -4.50. The van der Waals surface area contributed by atoms with E-state index in [4.69, 9.17) is 4.74 Å². The van der Waals surface area contributed by atoms with Gasteiger partial charge in [-0.15, -0.1) is 0 Å². The minimum Gasteiger partial charge on any atom is -0.468 e. The lowest BCUT2D eigenvalue weighted by atomic mass is 10.1. The van der Waals surface area contributed by atoms with Crippen molar-refractivity contribution in [2.45, 2.75) is 33.0 Å². The van der Waals surface area contributed by atoms with E-state index in [0.29, 0.717) is 0 Å². The Bertz CT molecular complexity index is 554. The minimum atomic E-state index is -4.50. The predicted octanol–water partition coefficient (Wildman–Crippen LogP) is 3.48. The summed E-state index contributed by atoms with van der Waals surface area (Å²) >= 11 is 0. The van der Waals surface area contributed by atoms with Gasteiger partial charge in [0.15, 0.2) is 0 Å². The Hall–Kier alpha value is -2.05. The van der Waals surface area contributed by atoms with E-state index in [1.54, 1.807) is 0 Å². The summed E-state index contributed by atoms with van der Waals surface area (Å²) in [5, 5.41) is 2.37. The van der Waals surface area contributed by atoms with Gasteiger partial charge < -0.3 is 4.74 Å². The number of nitrogens with one attached hydrogen (secondary N) is 1.